The van der Waals surface area contributed by atoms with E-state index < -0.39 is 4.92 Å². The Bertz CT molecular complexity index is 1130. The van der Waals surface area contributed by atoms with Gasteiger partial charge < -0.3 is 9.80 Å². The second-order valence-electron chi connectivity index (χ2n) is 7.34. The van der Waals surface area contributed by atoms with Gasteiger partial charge in [0.15, 0.2) is 5.13 Å². The molecule has 1 aliphatic heterocycles. The molecule has 1 fully saturated rings. The molecule has 30 heavy (non-hydrogen) atoms. The Labute approximate surface area is 178 Å². The minimum atomic E-state index is -0.438. The first-order chi connectivity index (χ1) is 14.4. The highest BCUT2D eigenvalue weighted by atomic mass is 32.1. The Kier molecular flexibility index (Phi) is 5.50. The van der Waals surface area contributed by atoms with E-state index in [1.165, 1.54) is 34.0 Å². The van der Waals surface area contributed by atoms with Gasteiger partial charge in [0.2, 0.25) is 5.91 Å². The predicted molar refractivity (Wildman–Crippen MR) is 120 cm³/mol. The SMILES string of the molecule is Cc1ccc2sc(N3CCN(C(=O)/C=C/c4ccc([N+](=O)[O-])cc4)CC3)nc2c1C. The van der Waals surface area contributed by atoms with Crippen molar-refractivity contribution in [2.75, 3.05) is 31.1 Å². The van der Waals surface area contributed by atoms with E-state index in [0.717, 1.165) is 29.3 Å². The fraction of sp³-hybridized carbons (Fsp3) is 0.273. The summed E-state index contributed by atoms with van der Waals surface area (Å²) in [5.41, 5.74) is 4.33. The van der Waals surface area contributed by atoms with Gasteiger partial charge in [-0.1, -0.05) is 17.4 Å². The van der Waals surface area contributed by atoms with Crippen LogP contribution in [0.1, 0.15) is 16.7 Å². The number of carbonyl (C=O) groups excluding carboxylic acids is 1. The molecule has 0 spiro atoms. The van der Waals surface area contributed by atoms with Crippen molar-refractivity contribution < 1.29 is 9.72 Å². The van der Waals surface area contributed by atoms with E-state index in [9.17, 15) is 14.9 Å². The molecule has 8 heteroatoms. The average Bonchev–Trinajstić information content (AvgIpc) is 3.20. The van der Waals surface area contributed by atoms with Gasteiger partial charge in [0.05, 0.1) is 15.1 Å². The highest BCUT2D eigenvalue weighted by Gasteiger charge is 2.22. The van der Waals surface area contributed by atoms with Gasteiger partial charge in [-0.25, -0.2) is 4.98 Å². The summed E-state index contributed by atoms with van der Waals surface area (Å²) in [5.74, 6) is -0.0521. The Balaban J connectivity index is 1.37. The van der Waals surface area contributed by atoms with E-state index in [1.54, 1.807) is 29.5 Å². The van der Waals surface area contributed by atoms with Crippen LogP contribution in [0.25, 0.3) is 16.3 Å². The molecule has 154 valence electrons. The molecule has 2 heterocycles. The number of rotatable bonds is 4. The molecule has 0 radical (unpaired) electrons. The number of benzene rings is 2. The Hall–Kier alpha value is -3.26. The molecule has 2 aromatic carbocycles. The van der Waals surface area contributed by atoms with Crippen LogP contribution in [0.2, 0.25) is 0 Å². The van der Waals surface area contributed by atoms with Crippen LogP contribution in [-0.4, -0.2) is 46.9 Å². The van der Waals surface area contributed by atoms with Gasteiger partial charge in [-0.15, -0.1) is 0 Å². The monoisotopic (exact) mass is 422 g/mol. The quantitative estimate of drug-likeness (QED) is 0.358. The number of aromatic nitrogens is 1. The number of hydrogen-bond acceptors (Lipinski definition) is 6. The Morgan fingerprint density at radius 1 is 1.10 bits per heavy atom. The van der Waals surface area contributed by atoms with Gasteiger partial charge in [-0.3, -0.25) is 14.9 Å². The predicted octanol–water partition coefficient (Wildman–Crippen LogP) is 4.18. The molecule has 4 rings (SSSR count). The second-order valence-corrected chi connectivity index (χ2v) is 8.35. The van der Waals surface area contributed by atoms with Crippen LogP contribution in [0.15, 0.2) is 42.5 Å². The lowest BCUT2D eigenvalue weighted by molar-refractivity contribution is -0.384. The van der Waals surface area contributed by atoms with Gasteiger partial charge in [0.1, 0.15) is 0 Å². The fourth-order valence-electron chi connectivity index (χ4n) is 3.45. The maximum Gasteiger partial charge on any atom is 0.269 e. The largest absolute Gasteiger partial charge is 0.345 e. The minimum absolute atomic E-state index is 0.0369. The summed E-state index contributed by atoms with van der Waals surface area (Å²) in [6, 6.07) is 10.4. The number of piperazine rings is 1. The zero-order valence-electron chi connectivity index (χ0n) is 16.9. The molecule has 1 aromatic heterocycles. The number of amides is 1. The molecule has 0 N–H and O–H groups in total. The zero-order chi connectivity index (χ0) is 21.3. The number of non-ortho nitro benzene ring substituents is 1. The fourth-order valence-corrected chi connectivity index (χ4v) is 4.52. The van der Waals surface area contributed by atoms with Crippen molar-refractivity contribution >= 4 is 44.4 Å². The third-order valence-electron chi connectivity index (χ3n) is 5.46. The second kappa shape index (κ2) is 8.23. The summed E-state index contributed by atoms with van der Waals surface area (Å²) in [7, 11) is 0. The lowest BCUT2D eigenvalue weighted by Gasteiger charge is -2.34. The molecule has 0 unspecified atom stereocenters. The summed E-state index contributed by atoms with van der Waals surface area (Å²) in [4.78, 5) is 31.7. The molecule has 1 amide bonds. The van der Waals surface area contributed by atoms with Crippen molar-refractivity contribution in [1.82, 2.24) is 9.88 Å². The molecule has 0 atom stereocenters. The van der Waals surface area contributed by atoms with Crippen LogP contribution in [0.5, 0.6) is 0 Å². The number of fused-ring (bicyclic) bond motifs is 1. The van der Waals surface area contributed by atoms with E-state index in [-0.39, 0.29) is 11.6 Å². The van der Waals surface area contributed by atoms with Crippen LogP contribution < -0.4 is 4.90 Å². The summed E-state index contributed by atoms with van der Waals surface area (Å²) in [5, 5.41) is 11.7. The standard InChI is InChI=1S/C22H22N4O3S/c1-15-3-9-19-21(16(15)2)23-22(30-19)25-13-11-24(12-14-25)20(27)10-6-17-4-7-18(8-5-17)26(28)29/h3-10H,11-14H2,1-2H3/b10-6+. The van der Waals surface area contributed by atoms with Crippen LogP contribution in [-0.2, 0) is 4.79 Å². The van der Waals surface area contributed by atoms with Gasteiger partial charge in [0, 0.05) is 44.4 Å². The van der Waals surface area contributed by atoms with Crippen molar-refractivity contribution in [3.63, 3.8) is 0 Å². The van der Waals surface area contributed by atoms with Crippen LogP contribution in [0, 0.1) is 24.0 Å². The third kappa shape index (κ3) is 4.04. The smallest absolute Gasteiger partial charge is 0.269 e. The average molecular weight is 423 g/mol. The molecular formula is C22H22N4O3S. The highest BCUT2D eigenvalue weighted by Crippen LogP contribution is 2.32. The topological polar surface area (TPSA) is 79.6 Å². The lowest BCUT2D eigenvalue weighted by atomic mass is 10.1. The van der Waals surface area contributed by atoms with Crippen molar-refractivity contribution in [1.29, 1.82) is 0 Å². The molecule has 0 saturated carbocycles. The first-order valence-corrected chi connectivity index (χ1v) is 10.6. The van der Waals surface area contributed by atoms with E-state index in [1.807, 2.05) is 4.90 Å². The van der Waals surface area contributed by atoms with Crippen LogP contribution in [0.4, 0.5) is 10.8 Å². The molecular weight excluding hydrogens is 400 g/mol. The number of nitrogens with zero attached hydrogens (tertiary/aromatic N) is 4. The first-order valence-electron chi connectivity index (χ1n) is 9.75. The van der Waals surface area contributed by atoms with Crippen molar-refractivity contribution in [2.24, 2.45) is 0 Å². The number of hydrogen-bond donors (Lipinski definition) is 0. The van der Waals surface area contributed by atoms with Gasteiger partial charge in [0.25, 0.3) is 5.69 Å². The van der Waals surface area contributed by atoms with E-state index in [4.69, 9.17) is 4.98 Å². The van der Waals surface area contributed by atoms with Crippen molar-refractivity contribution in [3.8, 4) is 0 Å². The van der Waals surface area contributed by atoms with Gasteiger partial charge in [-0.05, 0) is 54.8 Å². The molecule has 3 aromatic rings. The number of aryl methyl sites for hydroxylation is 2. The number of anilines is 1. The Morgan fingerprint density at radius 2 is 1.80 bits per heavy atom. The summed E-state index contributed by atoms with van der Waals surface area (Å²) in [6.45, 7) is 6.97. The molecule has 7 nitrogen and oxygen atoms in total. The van der Waals surface area contributed by atoms with Crippen LogP contribution in [0.3, 0.4) is 0 Å². The molecule has 1 saturated heterocycles. The molecule has 0 aliphatic carbocycles. The van der Waals surface area contributed by atoms with Crippen molar-refractivity contribution in [2.45, 2.75) is 13.8 Å². The van der Waals surface area contributed by atoms with Gasteiger partial charge >= 0.3 is 0 Å². The molecule has 1 aliphatic rings. The van der Waals surface area contributed by atoms with Crippen molar-refractivity contribution in [3.05, 3.63) is 69.3 Å². The summed E-state index contributed by atoms with van der Waals surface area (Å²) in [6.07, 6.45) is 3.22. The summed E-state index contributed by atoms with van der Waals surface area (Å²) < 4.78 is 1.19. The van der Waals surface area contributed by atoms with Gasteiger partial charge in [-0.2, -0.15) is 0 Å². The lowest BCUT2D eigenvalue weighted by Crippen LogP contribution is -2.48. The normalized spacial score (nSPS) is 14.6. The third-order valence-corrected chi connectivity index (χ3v) is 6.54. The maximum atomic E-state index is 12.5. The molecule has 0 bridgehead atoms. The number of nitro groups is 1. The van der Waals surface area contributed by atoms with E-state index >= 15 is 0 Å². The first kappa shape index (κ1) is 20.0. The Morgan fingerprint density at radius 3 is 2.47 bits per heavy atom. The van der Waals surface area contributed by atoms with E-state index in [0.29, 0.717) is 13.1 Å². The number of nitro benzene ring substituents is 1. The van der Waals surface area contributed by atoms with Crippen LogP contribution >= 0.6 is 11.3 Å². The highest BCUT2D eigenvalue weighted by molar-refractivity contribution is 7.22. The zero-order valence-corrected chi connectivity index (χ0v) is 17.7. The number of thiazole rings is 1. The van der Waals surface area contributed by atoms with E-state index in [2.05, 4.69) is 30.9 Å². The minimum Gasteiger partial charge on any atom is -0.345 e. The maximum absolute atomic E-state index is 12.5. The summed E-state index contributed by atoms with van der Waals surface area (Å²) >= 11 is 1.70. The number of carbonyl (C=O) groups is 1.